The predicted octanol–water partition coefficient (Wildman–Crippen LogP) is 2.00. The van der Waals surface area contributed by atoms with Crippen molar-refractivity contribution >= 4 is 12.1 Å². The topological polar surface area (TPSA) is 87.1 Å². The van der Waals surface area contributed by atoms with E-state index in [0.29, 0.717) is 38.8 Å². The largest absolute Gasteiger partial charge is 0.481 e. The van der Waals surface area contributed by atoms with Gasteiger partial charge in [0.25, 0.3) is 0 Å². The van der Waals surface area contributed by atoms with Gasteiger partial charge in [-0.1, -0.05) is 6.42 Å². The predicted molar refractivity (Wildman–Crippen MR) is 75.9 cm³/mol. The van der Waals surface area contributed by atoms with E-state index >= 15 is 0 Å². The van der Waals surface area contributed by atoms with Crippen molar-refractivity contribution in [3.8, 4) is 0 Å². The third-order valence-electron chi connectivity index (χ3n) is 4.75. The van der Waals surface area contributed by atoms with E-state index in [9.17, 15) is 19.8 Å². The molecule has 1 aliphatic heterocycles. The van der Waals surface area contributed by atoms with Gasteiger partial charge in [-0.05, 0) is 46.5 Å². The summed E-state index contributed by atoms with van der Waals surface area (Å²) in [6.45, 7) is 6.08. The zero-order valence-electron chi connectivity index (χ0n) is 13.0. The molecule has 6 nitrogen and oxygen atoms in total. The van der Waals surface area contributed by atoms with Crippen LogP contribution < -0.4 is 0 Å². The molecule has 0 bridgehead atoms. The van der Waals surface area contributed by atoms with Crippen LogP contribution in [0.25, 0.3) is 0 Å². The van der Waals surface area contributed by atoms with Crippen LogP contribution in [0.5, 0.6) is 0 Å². The average Bonchev–Trinajstić information content (AvgIpc) is 2.24. The Morgan fingerprint density at radius 3 is 1.95 bits per heavy atom. The van der Waals surface area contributed by atoms with Crippen molar-refractivity contribution in [1.82, 2.24) is 4.90 Å². The second-order valence-corrected chi connectivity index (χ2v) is 7.24. The minimum absolute atomic E-state index is 0.290. The molecular weight excluding hydrogens is 274 g/mol. The summed E-state index contributed by atoms with van der Waals surface area (Å²) in [6.07, 6.45) is 2.06. The van der Waals surface area contributed by atoms with Crippen LogP contribution in [0.15, 0.2) is 0 Å². The van der Waals surface area contributed by atoms with Crippen molar-refractivity contribution in [2.24, 2.45) is 5.41 Å². The number of ether oxygens (including phenoxy) is 1. The van der Waals surface area contributed by atoms with Gasteiger partial charge in [0.15, 0.2) is 0 Å². The summed E-state index contributed by atoms with van der Waals surface area (Å²) in [5.74, 6) is -0.915. The number of amides is 1. The monoisotopic (exact) mass is 299 g/mol. The van der Waals surface area contributed by atoms with Crippen LogP contribution in [0.1, 0.15) is 52.9 Å². The van der Waals surface area contributed by atoms with Crippen LogP contribution in [0.2, 0.25) is 0 Å². The second kappa shape index (κ2) is 5.16. The Balaban J connectivity index is 1.99. The fraction of sp³-hybridized carbons (Fsp3) is 0.867. The van der Waals surface area contributed by atoms with Crippen LogP contribution in [0, 0.1) is 5.41 Å². The average molecular weight is 299 g/mol. The van der Waals surface area contributed by atoms with Crippen molar-refractivity contribution in [2.45, 2.75) is 64.1 Å². The lowest BCUT2D eigenvalue weighted by Gasteiger charge is -2.53. The van der Waals surface area contributed by atoms with Crippen molar-refractivity contribution in [2.75, 3.05) is 13.1 Å². The molecule has 0 unspecified atom stereocenters. The molecule has 21 heavy (non-hydrogen) atoms. The number of carboxylic acid groups (broad SMARTS) is 1. The van der Waals surface area contributed by atoms with Crippen molar-refractivity contribution in [3.63, 3.8) is 0 Å². The lowest BCUT2D eigenvalue weighted by molar-refractivity contribution is -0.193. The maximum Gasteiger partial charge on any atom is 0.410 e. The van der Waals surface area contributed by atoms with E-state index in [1.54, 1.807) is 25.7 Å². The molecule has 1 saturated carbocycles. The second-order valence-electron chi connectivity index (χ2n) is 7.24. The molecule has 0 atom stereocenters. The zero-order valence-corrected chi connectivity index (χ0v) is 13.0. The van der Waals surface area contributed by atoms with Gasteiger partial charge in [-0.25, -0.2) is 4.79 Å². The molecule has 2 rings (SSSR count). The number of piperidine rings is 1. The fourth-order valence-electron chi connectivity index (χ4n) is 3.27. The van der Waals surface area contributed by atoms with Crippen LogP contribution in [0.3, 0.4) is 0 Å². The van der Waals surface area contributed by atoms with Gasteiger partial charge in [0, 0.05) is 13.1 Å². The molecule has 2 fully saturated rings. The highest BCUT2D eigenvalue weighted by atomic mass is 16.6. The molecule has 0 aromatic heterocycles. The molecule has 1 saturated heterocycles. The van der Waals surface area contributed by atoms with Crippen molar-refractivity contribution < 1.29 is 24.5 Å². The number of nitrogens with zero attached hydrogens (tertiary/aromatic N) is 1. The van der Waals surface area contributed by atoms with Gasteiger partial charge in [0.2, 0.25) is 0 Å². The summed E-state index contributed by atoms with van der Waals surface area (Å²) in [7, 11) is 0. The highest BCUT2D eigenvalue weighted by Crippen LogP contribution is 2.53. The molecule has 0 radical (unpaired) electrons. The summed E-state index contributed by atoms with van der Waals surface area (Å²) in [5, 5.41) is 20.2. The van der Waals surface area contributed by atoms with Gasteiger partial charge >= 0.3 is 12.1 Å². The minimum atomic E-state index is -1.21. The van der Waals surface area contributed by atoms with Crippen LogP contribution in [0.4, 0.5) is 4.79 Å². The SMILES string of the molecule is CC(C)(C)OC(=O)N1CCC(O)(C2(C(=O)O)CCC2)CC1. The molecule has 1 aliphatic carbocycles. The molecule has 2 N–H and O–H groups in total. The van der Waals surface area contributed by atoms with Crippen LogP contribution in [-0.4, -0.2) is 51.5 Å². The third kappa shape index (κ3) is 2.86. The van der Waals surface area contributed by atoms with E-state index in [2.05, 4.69) is 0 Å². The van der Waals surface area contributed by atoms with E-state index in [1.807, 2.05) is 0 Å². The third-order valence-corrected chi connectivity index (χ3v) is 4.75. The van der Waals surface area contributed by atoms with Crippen LogP contribution in [-0.2, 0) is 9.53 Å². The first-order chi connectivity index (χ1) is 9.60. The van der Waals surface area contributed by atoms with Gasteiger partial charge in [-0.3, -0.25) is 4.79 Å². The Morgan fingerprint density at radius 1 is 1.10 bits per heavy atom. The first-order valence-corrected chi connectivity index (χ1v) is 7.53. The molecule has 120 valence electrons. The van der Waals surface area contributed by atoms with E-state index < -0.39 is 28.7 Å². The smallest absolute Gasteiger partial charge is 0.410 e. The number of hydrogen-bond acceptors (Lipinski definition) is 4. The Bertz CT molecular complexity index is 428. The minimum Gasteiger partial charge on any atom is -0.481 e. The molecular formula is C15H25NO5. The number of likely N-dealkylation sites (tertiary alicyclic amines) is 1. The Morgan fingerprint density at radius 2 is 1.62 bits per heavy atom. The number of carbonyl (C=O) groups is 2. The lowest BCUT2D eigenvalue weighted by Crippen LogP contribution is -2.62. The molecule has 0 aromatic rings. The van der Waals surface area contributed by atoms with Gasteiger partial charge in [-0.2, -0.15) is 0 Å². The number of aliphatic hydroxyl groups is 1. The van der Waals surface area contributed by atoms with Crippen molar-refractivity contribution in [1.29, 1.82) is 0 Å². The standard InChI is InChI=1S/C15H25NO5/c1-13(2,3)21-12(19)16-9-7-15(20,8-10-16)14(11(17)18)5-4-6-14/h20H,4-10H2,1-3H3,(H,17,18). The summed E-state index contributed by atoms with van der Waals surface area (Å²) in [4.78, 5) is 25.1. The number of hydrogen-bond donors (Lipinski definition) is 2. The number of carboxylic acids is 1. The van der Waals surface area contributed by atoms with E-state index in [-0.39, 0.29) is 0 Å². The Hall–Kier alpha value is -1.30. The number of aliphatic carboxylic acids is 1. The summed E-state index contributed by atoms with van der Waals surface area (Å²) < 4.78 is 5.31. The van der Waals surface area contributed by atoms with E-state index in [0.717, 1.165) is 6.42 Å². The van der Waals surface area contributed by atoms with E-state index in [1.165, 1.54) is 0 Å². The quantitative estimate of drug-likeness (QED) is 0.814. The molecule has 1 heterocycles. The maximum atomic E-state index is 12.0. The highest BCUT2D eigenvalue weighted by molar-refractivity contribution is 5.77. The number of rotatable bonds is 2. The highest BCUT2D eigenvalue weighted by Gasteiger charge is 2.60. The molecule has 6 heteroatoms. The first kappa shape index (κ1) is 16.1. The summed E-state index contributed by atoms with van der Waals surface area (Å²) in [5.41, 5.74) is -2.79. The van der Waals surface area contributed by atoms with Gasteiger partial charge in [0.1, 0.15) is 5.60 Å². The fourth-order valence-corrected chi connectivity index (χ4v) is 3.27. The summed E-state index contributed by atoms with van der Waals surface area (Å²) >= 11 is 0. The Kier molecular flexibility index (Phi) is 3.95. The van der Waals surface area contributed by atoms with Crippen LogP contribution >= 0.6 is 0 Å². The van der Waals surface area contributed by atoms with Gasteiger partial charge in [0.05, 0.1) is 11.0 Å². The maximum absolute atomic E-state index is 12.0. The molecule has 2 aliphatic rings. The summed E-state index contributed by atoms with van der Waals surface area (Å²) in [6, 6.07) is 0. The zero-order chi connectivity index (χ0) is 15.9. The normalized spacial score (nSPS) is 24.1. The molecule has 0 aromatic carbocycles. The molecule has 1 amide bonds. The van der Waals surface area contributed by atoms with Gasteiger partial charge < -0.3 is 19.8 Å². The van der Waals surface area contributed by atoms with E-state index in [4.69, 9.17) is 4.74 Å². The number of carbonyl (C=O) groups excluding carboxylic acids is 1. The molecule has 0 spiro atoms. The Labute approximate surface area is 125 Å². The lowest BCUT2D eigenvalue weighted by atomic mass is 9.56. The first-order valence-electron chi connectivity index (χ1n) is 7.53. The van der Waals surface area contributed by atoms with Gasteiger partial charge in [-0.15, -0.1) is 0 Å². The van der Waals surface area contributed by atoms with Crippen molar-refractivity contribution in [3.05, 3.63) is 0 Å².